The molecule has 1 unspecified atom stereocenters. The number of hydrogen-bond acceptors (Lipinski definition) is 6. The van der Waals surface area contributed by atoms with Crippen LogP contribution in [0.1, 0.15) is 57.7 Å². The molecule has 1 saturated carbocycles. The highest BCUT2D eigenvalue weighted by Gasteiger charge is 2.41. The number of carbonyl (C=O) groups is 4. The number of esters is 1. The molecule has 0 heterocycles. The number of carbonyl (C=O) groups excluding carboxylic acids is 4. The van der Waals surface area contributed by atoms with Crippen molar-refractivity contribution in [2.24, 2.45) is 0 Å². The van der Waals surface area contributed by atoms with E-state index in [1.165, 1.54) is 12.0 Å². The molecule has 0 bridgehead atoms. The van der Waals surface area contributed by atoms with Gasteiger partial charge in [0.05, 0.1) is 7.11 Å². The lowest BCUT2D eigenvalue weighted by atomic mass is 10.0. The predicted octanol–water partition coefficient (Wildman–Crippen LogP) is 2.09. The van der Waals surface area contributed by atoms with Gasteiger partial charge in [0.25, 0.3) is 0 Å². The fraction of sp³-hybridized carbons (Fsp3) is 0.565. The van der Waals surface area contributed by atoms with Crippen LogP contribution in [-0.4, -0.2) is 60.6 Å². The maximum absolute atomic E-state index is 13.1. The van der Waals surface area contributed by atoms with Crippen LogP contribution >= 0.6 is 0 Å². The second-order valence-corrected chi connectivity index (χ2v) is 8.68. The molecule has 9 heteroatoms. The van der Waals surface area contributed by atoms with Gasteiger partial charge >= 0.3 is 12.1 Å². The van der Waals surface area contributed by atoms with E-state index in [2.05, 4.69) is 15.4 Å². The second-order valence-electron chi connectivity index (χ2n) is 8.68. The fourth-order valence-electron chi connectivity index (χ4n) is 3.17. The lowest BCUT2D eigenvalue weighted by molar-refractivity contribution is -0.144. The summed E-state index contributed by atoms with van der Waals surface area (Å²) in [4.78, 5) is 51.2. The van der Waals surface area contributed by atoms with Crippen molar-refractivity contribution < 1.29 is 28.7 Å². The first-order valence-electron chi connectivity index (χ1n) is 10.8. The molecule has 1 aliphatic rings. The molecule has 1 aromatic rings. The third-order valence-electron chi connectivity index (χ3n) is 4.88. The van der Waals surface area contributed by atoms with E-state index in [0.29, 0.717) is 5.56 Å². The number of alkyl carbamates (subject to hydrolysis) is 1. The summed E-state index contributed by atoms with van der Waals surface area (Å²) < 4.78 is 9.78. The number of amides is 3. The first-order chi connectivity index (χ1) is 15.1. The van der Waals surface area contributed by atoms with Crippen LogP contribution in [0.15, 0.2) is 24.3 Å². The predicted molar refractivity (Wildman–Crippen MR) is 118 cm³/mol. The average Bonchev–Trinajstić information content (AvgIpc) is 3.57. The Morgan fingerprint density at radius 3 is 2.19 bits per heavy atom. The van der Waals surface area contributed by atoms with E-state index in [0.717, 1.165) is 24.8 Å². The van der Waals surface area contributed by atoms with Crippen LogP contribution in [0.4, 0.5) is 4.79 Å². The summed E-state index contributed by atoms with van der Waals surface area (Å²) in [6, 6.07) is 6.37. The fourth-order valence-corrected chi connectivity index (χ4v) is 3.17. The van der Waals surface area contributed by atoms with E-state index in [-0.39, 0.29) is 19.1 Å². The monoisotopic (exact) mass is 447 g/mol. The summed E-state index contributed by atoms with van der Waals surface area (Å²) >= 11 is 0. The van der Waals surface area contributed by atoms with E-state index in [9.17, 15) is 19.2 Å². The molecule has 2 N–H and O–H groups in total. The third-order valence-corrected chi connectivity index (χ3v) is 4.88. The molecular formula is C23H33N3O6. The second kappa shape index (κ2) is 11.0. The number of nitrogens with zero attached hydrogens (tertiary/aromatic N) is 1. The molecule has 32 heavy (non-hydrogen) atoms. The van der Waals surface area contributed by atoms with Crippen molar-refractivity contribution in [3.05, 3.63) is 35.4 Å². The summed E-state index contributed by atoms with van der Waals surface area (Å²) in [6.45, 7) is 6.60. The Morgan fingerprint density at radius 2 is 1.69 bits per heavy atom. The molecule has 3 amide bonds. The Bertz CT molecular complexity index is 827. The van der Waals surface area contributed by atoms with Crippen LogP contribution in [-0.2, 0) is 30.3 Å². The molecule has 1 atom stereocenters. The SMILES string of the molecule is CCc1ccc(C(C(=O)NCC(=O)OC)N(C(=O)CNC(=O)OC(C)(C)C)C2CC2)cc1. The highest BCUT2D eigenvalue weighted by atomic mass is 16.6. The molecule has 0 aliphatic heterocycles. The lowest BCUT2D eigenvalue weighted by Gasteiger charge is -2.32. The quantitative estimate of drug-likeness (QED) is 0.561. The zero-order valence-corrected chi connectivity index (χ0v) is 19.4. The van der Waals surface area contributed by atoms with Crippen molar-refractivity contribution >= 4 is 23.9 Å². The van der Waals surface area contributed by atoms with Crippen molar-refractivity contribution in [1.82, 2.24) is 15.5 Å². The first-order valence-corrected chi connectivity index (χ1v) is 10.8. The van der Waals surface area contributed by atoms with Gasteiger partial charge in [-0.05, 0) is 51.2 Å². The molecule has 9 nitrogen and oxygen atoms in total. The highest BCUT2D eigenvalue weighted by molar-refractivity contribution is 5.92. The van der Waals surface area contributed by atoms with E-state index in [1.54, 1.807) is 20.8 Å². The zero-order valence-electron chi connectivity index (χ0n) is 19.4. The Morgan fingerprint density at radius 1 is 1.06 bits per heavy atom. The molecular weight excluding hydrogens is 414 g/mol. The number of rotatable bonds is 9. The van der Waals surface area contributed by atoms with Gasteiger partial charge in [0, 0.05) is 6.04 Å². The summed E-state index contributed by atoms with van der Waals surface area (Å²) in [6.07, 6.45) is 1.64. The van der Waals surface area contributed by atoms with Gasteiger partial charge in [-0.2, -0.15) is 0 Å². The molecule has 176 valence electrons. The molecule has 0 saturated heterocycles. The standard InChI is InChI=1S/C23H33N3O6/c1-6-15-7-9-16(10-8-15)20(21(29)24-14-19(28)31-5)26(17-11-12-17)18(27)13-25-22(30)32-23(2,3)4/h7-10,17,20H,6,11-14H2,1-5H3,(H,24,29)(H,25,30). The van der Waals surface area contributed by atoms with Crippen molar-refractivity contribution in [3.63, 3.8) is 0 Å². The van der Waals surface area contributed by atoms with E-state index >= 15 is 0 Å². The van der Waals surface area contributed by atoms with Gasteiger partial charge in [0.2, 0.25) is 11.8 Å². The van der Waals surface area contributed by atoms with Gasteiger partial charge < -0.3 is 25.0 Å². The van der Waals surface area contributed by atoms with Gasteiger partial charge in [-0.3, -0.25) is 14.4 Å². The molecule has 0 aromatic heterocycles. The van der Waals surface area contributed by atoms with Gasteiger partial charge in [-0.1, -0.05) is 31.2 Å². The summed E-state index contributed by atoms with van der Waals surface area (Å²) in [7, 11) is 1.23. The average molecular weight is 448 g/mol. The van der Waals surface area contributed by atoms with Crippen molar-refractivity contribution in [2.45, 2.75) is 64.6 Å². The Hall–Kier alpha value is -3.10. The Labute approximate surface area is 188 Å². The summed E-state index contributed by atoms with van der Waals surface area (Å²) in [5, 5.41) is 5.02. The molecule has 0 radical (unpaired) electrons. The van der Waals surface area contributed by atoms with Crippen LogP contribution in [0.25, 0.3) is 0 Å². The normalized spacial score (nSPS) is 14.2. The number of nitrogens with one attached hydrogen (secondary N) is 2. The Balaban J connectivity index is 2.24. The number of benzene rings is 1. The van der Waals surface area contributed by atoms with Crippen LogP contribution < -0.4 is 10.6 Å². The summed E-state index contributed by atoms with van der Waals surface area (Å²) in [5.41, 5.74) is 1.03. The first kappa shape index (κ1) is 25.2. The third kappa shape index (κ3) is 7.55. The van der Waals surface area contributed by atoms with Gasteiger partial charge in [-0.25, -0.2) is 4.79 Å². The number of aryl methyl sites for hydroxylation is 1. The van der Waals surface area contributed by atoms with Crippen LogP contribution in [0.2, 0.25) is 0 Å². The zero-order chi connectivity index (χ0) is 23.9. The molecule has 0 spiro atoms. The molecule has 1 fully saturated rings. The van der Waals surface area contributed by atoms with Crippen LogP contribution in [0.3, 0.4) is 0 Å². The largest absolute Gasteiger partial charge is 0.468 e. The topological polar surface area (TPSA) is 114 Å². The van der Waals surface area contributed by atoms with Crippen molar-refractivity contribution in [1.29, 1.82) is 0 Å². The maximum Gasteiger partial charge on any atom is 0.408 e. The van der Waals surface area contributed by atoms with E-state index < -0.39 is 35.5 Å². The van der Waals surface area contributed by atoms with Crippen LogP contribution in [0, 0.1) is 0 Å². The minimum absolute atomic E-state index is 0.123. The molecule has 2 rings (SSSR count). The van der Waals surface area contributed by atoms with Gasteiger partial charge in [0.1, 0.15) is 24.7 Å². The van der Waals surface area contributed by atoms with Crippen LogP contribution in [0.5, 0.6) is 0 Å². The van der Waals surface area contributed by atoms with E-state index in [1.807, 2.05) is 31.2 Å². The van der Waals surface area contributed by atoms with Gasteiger partial charge in [0.15, 0.2) is 0 Å². The Kier molecular flexibility index (Phi) is 8.63. The minimum Gasteiger partial charge on any atom is -0.468 e. The van der Waals surface area contributed by atoms with Gasteiger partial charge in [-0.15, -0.1) is 0 Å². The van der Waals surface area contributed by atoms with Crippen molar-refractivity contribution in [2.75, 3.05) is 20.2 Å². The maximum atomic E-state index is 13.1. The lowest BCUT2D eigenvalue weighted by Crippen LogP contribution is -2.49. The smallest absolute Gasteiger partial charge is 0.408 e. The number of ether oxygens (including phenoxy) is 2. The van der Waals surface area contributed by atoms with E-state index in [4.69, 9.17) is 4.74 Å². The molecule has 1 aliphatic carbocycles. The minimum atomic E-state index is -0.939. The molecule has 1 aromatic carbocycles. The summed E-state index contributed by atoms with van der Waals surface area (Å²) in [5.74, 6) is -1.48. The number of hydrogen-bond donors (Lipinski definition) is 2. The highest BCUT2D eigenvalue weighted by Crippen LogP contribution is 2.35. The van der Waals surface area contributed by atoms with Crippen molar-refractivity contribution in [3.8, 4) is 0 Å². The number of methoxy groups -OCH3 is 1.